The van der Waals surface area contributed by atoms with Gasteiger partial charge in [0.1, 0.15) is 17.1 Å². The second-order valence-corrected chi connectivity index (χ2v) is 10.1. The standard InChI is InChI=1S/C17H23N6O6PS/c1-10-7-17(10,29-9-30(26,27)28)8-22(2)14-13(18)15(21-16(19)20-14)31-12-5-3-11(4-6-12)23(24)25/h3-6,10H,7-9,18H2,1-2H3,(H2,19,20,21)(H2,26,27,28). The maximum atomic E-state index is 11.2. The van der Waals surface area contributed by atoms with Crippen LogP contribution in [-0.4, -0.2) is 50.2 Å². The van der Waals surface area contributed by atoms with Gasteiger partial charge in [0.05, 0.1) is 10.5 Å². The molecule has 1 saturated carbocycles. The highest BCUT2D eigenvalue weighted by molar-refractivity contribution is 7.99. The van der Waals surface area contributed by atoms with Crippen LogP contribution < -0.4 is 16.4 Å². The molecule has 3 rings (SSSR count). The molecule has 168 valence electrons. The molecule has 1 heterocycles. The van der Waals surface area contributed by atoms with Crippen LogP contribution >= 0.6 is 19.4 Å². The van der Waals surface area contributed by atoms with E-state index >= 15 is 0 Å². The minimum Gasteiger partial charge on any atom is -0.394 e. The van der Waals surface area contributed by atoms with E-state index in [4.69, 9.17) is 26.0 Å². The maximum Gasteiger partial charge on any atom is 0.351 e. The zero-order valence-corrected chi connectivity index (χ0v) is 18.5. The van der Waals surface area contributed by atoms with Crippen molar-refractivity contribution < 1.29 is 24.0 Å². The van der Waals surface area contributed by atoms with Crippen LogP contribution in [0.25, 0.3) is 0 Å². The van der Waals surface area contributed by atoms with Gasteiger partial charge in [0, 0.05) is 30.6 Å². The van der Waals surface area contributed by atoms with Gasteiger partial charge in [-0.25, -0.2) is 4.98 Å². The summed E-state index contributed by atoms with van der Waals surface area (Å²) in [7, 11) is -2.57. The van der Waals surface area contributed by atoms with Crippen molar-refractivity contribution in [1.82, 2.24) is 9.97 Å². The monoisotopic (exact) mass is 470 g/mol. The van der Waals surface area contributed by atoms with Gasteiger partial charge in [0.2, 0.25) is 5.95 Å². The summed E-state index contributed by atoms with van der Waals surface area (Å²) in [6.45, 7) is 2.23. The number of ether oxygens (including phenoxy) is 1. The van der Waals surface area contributed by atoms with Crippen molar-refractivity contribution in [1.29, 1.82) is 0 Å². The molecule has 0 saturated heterocycles. The fourth-order valence-corrected chi connectivity index (χ4v) is 4.45. The fourth-order valence-electron chi connectivity index (χ4n) is 3.19. The number of nitrogen functional groups attached to an aromatic ring is 2. The lowest BCUT2D eigenvalue weighted by Gasteiger charge is -2.27. The van der Waals surface area contributed by atoms with Crippen LogP contribution in [0.4, 0.5) is 23.1 Å². The zero-order chi connectivity index (χ0) is 23.0. The summed E-state index contributed by atoms with van der Waals surface area (Å²) >= 11 is 1.19. The van der Waals surface area contributed by atoms with Gasteiger partial charge in [-0.15, -0.1) is 0 Å². The first-order valence-corrected chi connectivity index (χ1v) is 11.8. The summed E-state index contributed by atoms with van der Waals surface area (Å²) in [5.41, 5.74) is 11.7. The molecule has 12 nitrogen and oxygen atoms in total. The van der Waals surface area contributed by atoms with E-state index in [2.05, 4.69) is 9.97 Å². The second kappa shape index (κ2) is 8.60. The molecule has 31 heavy (non-hydrogen) atoms. The lowest BCUT2D eigenvalue weighted by Crippen LogP contribution is -2.35. The SMILES string of the molecule is CC1CC1(CN(C)c1nc(N)nc(Sc2ccc([N+](=O)[O-])cc2)c1N)OCP(=O)(O)O. The highest BCUT2D eigenvalue weighted by atomic mass is 32.2. The third kappa shape index (κ3) is 5.63. The number of non-ortho nitro benzene ring substituents is 1. The van der Waals surface area contributed by atoms with Crippen LogP contribution in [0.15, 0.2) is 34.2 Å². The van der Waals surface area contributed by atoms with Gasteiger partial charge < -0.3 is 30.9 Å². The molecule has 0 spiro atoms. The first-order chi connectivity index (χ1) is 14.4. The predicted molar refractivity (Wildman–Crippen MR) is 116 cm³/mol. The Bertz CT molecular complexity index is 1030. The molecule has 14 heteroatoms. The average molecular weight is 470 g/mol. The summed E-state index contributed by atoms with van der Waals surface area (Å²) in [5.74, 6) is 0.459. The minimum atomic E-state index is -4.29. The van der Waals surface area contributed by atoms with Crippen molar-refractivity contribution in [2.75, 3.05) is 36.3 Å². The first kappa shape index (κ1) is 23.2. The van der Waals surface area contributed by atoms with Crippen molar-refractivity contribution in [3.8, 4) is 0 Å². The van der Waals surface area contributed by atoms with Gasteiger partial charge in [-0.3, -0.25) is 14.7 Å². The summed E-state index contributed by atoms with van der Waals surface area (Å²) in [6, 6.07) is 5.93. The van der Waals surface area contributed by atoms with E-state index in [1.165, 1.54) is 23.9 Å². The number of nitro benzene ring substituents is 1. The van der Waals surface area contributed by atoms with Crippen molar-refractivity contribution in [3.05, 3.63) is 34.4 Å². The number of nitrogens with zero attached hydrogens (tertiary/aromatic N) is 4. The van der Waals surface area contributed by atoms with E-state index in [9.17, 15) is 14.7 Å². The number of hydrogen-bond donors (Lipinski definition) is 4. The summed E-state index contributed by atoms with van der Waals surface area (Å²) in [6.07, 6.45) is -0.0178. The Morgan fingerprint density at radius 3 is 2.48 bits per heavy atom. The van der Waals surface area contributed by atoms with Gasteiger partial charge in [-0.2, -0.15) is 4.98 Å². The number of rotatable bonds is 9. The van der Waals surface area contributed by atoms with Crippen molar-refractivity contribution in [2.24, 2.45) is 5.92 Å². The number of nitrogens with two attached hydrogens (primary N) is 2. The number of anilines is 3. The molecule has 0 bridgehead atoms. The summed E-state index contributed by atoms with van der Waals surface area (Å²) in [5, 5.41) is 11.2. The Kier molecular flexibility index (Phi) is 6.44. The summed E-state index contributed by atoms with van der Waals surface area (Å²) in [4.78, 5) is 39.4. The number of likely N-dealkylation sites (N-methyl/N-ethyl adjacent to an activating group) is 1. The van der Waals surface area contributed by atoms with Gasteiger partial charge >= 0.3 is 7.60 Å². The molecule has 1 fully saturated rings. The van der Waals surface area contributed by atoms with E-state index < -0.39 is 24.5 Å². The van der Waals surface area contributed by atoms with Gasteiger partial charge in [-0.05, 0) is 24.5 Å². The Balaban J connectivity index is 1.79. The number of nitro groups is 1. The Morgan fingerprint density at radius 1 is 1.35 bits per heavy atom. The molecule has 0 amide bonds. The fraction of sp³-hybridized carbons (Fsp3) is 0.412. The smallest absolute Gasteiger partial charge is 0.351 e. The van der Waals surface area contributed by atoms with Crippen molar-refractivity contribution in [3.63, 3.8) is 0 Å². The topological polar surface area (TPSA) is 191 Å². The lowest BCUT2D eigenvalue weighted by atomic mass is 10.2. The van der Waals surface area contributed by atoms with E-state index in [1.807, 2.05) is 6.92 Å². The molecule has 0 radical (unpaired) electrons. The highest BCUT2D eigenvalue weighted by Crippen LogP contribution is 2.50. The molecule has 1 aliphatic rings. The van der Waals surface area contributed by atoms with Gasteiger partial charge in [-0.1, -0.05) is 18.7 Å². The number of hydrogen-bond acceptors (Lipinski definition) is 10. The van der Waals surface area contributed by atoms with Crippen LogP contribution in [0.5, 0.6) is 0 Å². The van der Waals surface area contributed by atoms with E-state index in [0.29, 0.717) is 28.7 Å². The van der Waals surface area contributed by atoms with E-state index in [1.54, 1.807) is 24.1 Å². The molecule has 1 aliphatic carbocycles. The Labute approximate surface area is 182 Å². The normalized spacial score (nSPS) is 20.5. The highest BCUT2D eigenvalue weighted by Gasteiger charge is 2.54. The van der Waals surface area contributed by atoms with Crippen LogP contribution in [0, 0.1) is 16.0 Å². The second-order valence-electron chi connectivity index (χ2n) is 7.44. The van der Waals surface area contributed by atoms with E-state index in [0.717, 1.165) is 0 Å². The average Bonchev–Trinajstić information content (AvgIpc) is 3.31. The summed E-state index contributed by atoms with van der Waals surface area (Å²) < 4.78 is 16.8. The van der Waals surface area contributed by atoms with Crippen LogP contribution in [0.1, 0.15) is 13.3 Å². The van der Waals surface area contributed by atoms with Crippen LogP contribution in [0.2, 0.25) is 0 Å². The lowest BCUT2D eigenvalue weighted by molar-refractivity contribution is -0.384. The minimum absolute atomic E-state index is 0.00510. The Hall–Kier alpha value is -2.44. The maximum absolute atomic E-state index is 11.2. The third-order valence-corrected chi connectivity index (χ3v) is 6.42. The van der Waals surface area contributed by atoms with Crippen molar-refractivity contribution >= 4 is 42.5 Å². The third-order valence-electron chi connectivity index (χ3n) is 4.95. The molecule has 1 aromatic carbocycles. The van der Waals surface area contributed by atoms with Crippen LogP contribution in [-0.2, 0) is 9.30 Å². The molecular formula is C17H23N6O6PS. The molecule has 2 aromatic rings. The Morgan fingerprint density at radius 2 is 1.97 bits per heavy atom. The van der Waals surface area contributed by atoms with Crippen molar-refractivity contribution in [2.45, 2.75) is 28.9 Å². The largest absolute Gasteiger partial charge is 0.394 e. The molecule has 1 aromatic heterocycles. The predicted octanol–water partition coefficient (Wildman–Crippen LogP) is 2.07. The molecule has 0 aliphatic heterocycles. The first-order valence-electron chi connectivity index (χ1n) is 9.15. The quantitative estimate of drug-likeness (QED) is 0.181. The number of aromatic nitrogens is 2. The number of benzene rings is 1. The van der Waals surface area contributed by atoms with Crippen LogP contribution in [0.3, 0.4) is 0 Å². The van der Waals surface area contributed by atoms with Gasteiger partial charge in [0.15, 0.2) is 5.82 Å². The molecule has 2 atom stereocenters. The van der Waals surface area contributed by atoms with Gasteiger partial charge in [0.25, 0.3) is 5.69 Å². The molecule has 6 N–H and O–H groups in total. The molecular weight excluding hydrogens is 447 g/mol. The molecule has 2 unspecified atom stereocenters. The zero-order valence-electron chi connectivity index (χ0n) is 16.8. The van der Waals surface area contributed by atoms with E-state index in [-0.39, 0.29) is 23.2 Å².